The maximum absolute atomic E-state index is 13.8. The first-order valence-corrected chi connectivity index (χ1v) is 8.20. The molecular formula is C17H20F2N4O2. The molecule has 0 saturated carbocycles. The standard InChI is InChI=1S/C17H20F2N4O2/c1-11-14(12(2)25-21-11)10-22-4-3-5-23(7-6-22)17(24)16-15(19)8-13(18)9-20-16/h8-9H,3-7,10H2,1-2H3. The minimum atomic E-state index is -0.929. The molecule has 0 bridgehead atoms. The molecule has 0 aromatic carbocycles. The molecule has 25 heavy (non-hydrogen) atoms. The van der Waals surface area contributed by atoms with Gasteiger partial charge in [-0.25, -0.2) is 13.8 Å². The third kappa shape index (κ3) is 3.84. The molecule has 0 aliphatic carbocycles. The van der Waals surface area contributed by atoms with E-state index in [2.05, 4.69) is 15.0 Å². The fourth-order valence-corrected chi connectivity index (χ4v) is 3.01. The molecule has 134 valence electrons. The van der Waals surface area contributed by atoms with Gasteiger partial charge in [0.1, 0.15) is 11.6 Å². The molecule has 0 N–H and O–H groups in total. The molecule has 6 nitrogen and oxygen atoms in total. The summed E-state index contributed by atoms with van der Waals surface area (Å²) in [7, 11) is 0. The van der Waals surface area contributed by atoms with Crippen LogP contribution in [0.25, 0.3) is 0 Å². The summed E-state index contributed by atoms with van der Waals surface area (Å²) in [5, 5.41) is 3.96. The van der Waals surface area contributed by atoms with Crippen molar-refractivity contribution in [3.05, 3.63) is 46.6 Å². The Labute approximate surface area is 144 Å². The Bertz CT molecular complexity index is 759. The van der Waals surface area contributed by atoms with Gasteiger partial charge in [-0.15, -0.1) is 0 Å². The first kappa shape index (κ1) is 17.5. The Morgan fingerprint density at radius 3 is 2.72 bits per heavy atom. The maximum Gasteiger partial charge on any atom is 0.275 e. The van der Waals surface area contributed by atoms with Crippen molar-refractivity contribution in [3.8, 4) is 0 Å². The fourth-order valence-electron chi connectivity index (χ4n) is 3.01. The van der Waals surface area contributed by atoms with Gasteiger partial charge in [0.2, 0.25) is 0 Å². The highest BCUT2D eigenvalue weighted by Crippen LogP contribution is 2.17. The molecule has 0 spiro atoms. The lowest BCUT2D eigenvalue weighted by molar-refractivity contribution is 0.0749. The minimum Gasteiger partial charge on any atom is -0.361 e. The van der Waals surface area contributed by atoms with Crippen LogP contribution in [0, 0.1) is 25.5 Å². The highest BCUT2D eigenvalue weighted by molar-refractivity contribution is 5.92. The largest absolute Gasteiger partial charge is 0.361 e. The van der Waals surface area contributed by atoms with Crippen molar-refractivity contribution < 1.29 is 18.1 Å². The molecular weight excluding hydrogens is 330 g/mol. The number of carbonyl (C=O) groups excluding carboxylic acids is 1. The average molecular weight is 350 g/mol. The van der Waals surface area contributed by atoms with Crippen LogP contribution in [0.15, 0.2) is 16.8 Å². The number of hydrogen-bond acceptors (Lipinski definition) is 5. The van der Waals surface area contributed by atoms with E-state index in [1.54, 1.807) is 4.90 Å². The van der Waals surface area contributed by atoms with Crippen molar-refractivity contribution in [2.45, 2.75) is 26.8 Å². The van der Waals surface area contributed by atoms with Crippen molar-refractivity contribution in [2.75, 3.05) is 26.2 Å². The number of rotatable bonds is 3. The molecule has 1 amide bonds. The van der Waals surface area contributed by atoms with Crippen molar-refractivity contribution >= 4 is 5.91 Å². The van der Waals surface area contributed by atoms with E-state index in [1.807, 2.05) is 13.8 Å². The Morgan fingerprint density at radius 1 is 1.24 bits per heavy atom. The second kappa shape index (κ2) is 7.26. The van der Waals surface area contributed by atoms with E-state index in [1.165, 1.54) is 0 Å². The second-order valence-electron chi connectivity index (χ2n) is 6.21. The number of halogens is 2. The molecule has 3 heterocycles. The molecule has 0 unspecified atom stereocenters. The van der Waals surface area contributed by atoms with Gasteiger partial charge < -0.3 is 9.42 Å². The zero-order chi connectivity index (χ0) is 18.0. The predicted octanol–water partition coefficient (Wildman–Crippen LogP) is 2.31. The summed E-state index contributed by atoms with van der Waals surface area (Å²) in [6.07, 6.45) is 1.62. The van der Waals surface area contributed by atoms with Gasteiger partial charge in [0, 0.05) is 44.4 Å². The summed E-state index contributed by atoms with van der Waals surface area (Å²) in [6, 6.07) is 0.682. The van der Waals surface area contributed by atoms with Crippen molar-refractivity contribution in [2.24, 2.45) is 0 Å². The van der Waals surface area contributed by atoms with Crippen LogP contribution in [0.5, 0.6) is 0 Å². The number of aryl methyl sites for hydroxylation is 2. The van der Waals surface area contributed by atoms with Crippen molar-refractivity contribution in [3.63, 3.8) is 0 Å². The summed E-state index contributed by atoms with van der Waals surface area (Å²) in [5.74, 6) is -1.43. The minimum absolute atomic E-state index is 0.333. The van der Waals surface area contributed by atoms with Crippen molar-refractivity contribution in [1.82, 2.24) is 19.9 Å². The molecule has 1 aliphatic heterocycles. The van der Waals surface area contributed by atoms with Crippen LogP contribution in [-0.2, 0) is 6.54 Å². The molecule has 0 radical (unpaired) electrons. The zero-order valence-electron chi connectivity index (χ0n) is 14.3. The number of aromatic nitrogens is 2. The van der Waals surface area contributed by atoms with Crippen LogP contribution < -0.4 is 0 Å². The molecule has 1 saturated heterocycles. The van der Waals surface area contributed by atoms with Gasteiger partial charge in [-0.3, -0.25) is 9.69 Å². The van der Waals surface area contributed by atoms with E-state index in [0.717, 1.165) is 36.2 Å². The van der Waals surface area contributed by atoms with E-state index in [0.29, 0.717) is 32.2 Å². The van der Waals surface area contributed by atoms with Crippen LogP contribution in [0.3, 0.4) is 0 Å². The predicted molar refractivity (Wildman–Crippen MR) is 85.9 cm³/mol. The molecule has 0 atom stereocenters. The van der Waals surface area contributed by atoms with E-state index >= 15 is 0 Å². The number of hydrogen-bond donors (Lipinski definition) is 0. The van der Waals surface area contributed by atoms with Gasteiger partial charge in [-0.05, 0) is 20.3 Å². The zero-order valence-corrected chi connectivity index (χ0v) is 14.3. The van der Waals surface area contributed by atoms with Crippen LogP contribution >= 0.6 is 0 Å². The first-order valence-electron chi connectivity index (χ1n) is 8.20. The van der Waals surface area contributed by atoms with E-state index in [4.69, 9.17) is 4.52 Å². The third-order valence-electron chi connectivity index (χ3n) is 4.45. The normalized spacial score (nSPS) is 16.1. The molecule has 1 fully saturated rings. The summed E-state index contributed by atoms with van der Waals surface area (Å²) in [6.45, 7) is 6.92. The van der Waals surface area contributed by atoms with Crippen LogP contribution in [0.1, 0.15) is 33.9 Å². The van der Waals surface area contributed by atoms with Crippen molar-refractivity contribution in [1.29, 1.82) is 0 Å². The lowest BCUT2D eigenvalue weighted by Gasteiger charge is -2.21. The number of carbonyl (C=O) groups is 1. The number of nitrogens with zero attached hydrogens (tertiary/aromatic N) is 4. The van der Waals surface area contributed by atoms with Gasteiger partial charge in [-0.2, -0.15) is 0 Å². The Balaban J connectivity index is 1.66. The summed E-state index contributed by atoms with van der Waals surface area (Å²) < 4.78 is 32.0. The maximum atomic E-state index is 13.8. The molecule has 1 aliphatic rings. The van der Waals surface area contributed by atoms with Gasteiger partial charge in [0.15, 0.2) is 11.5 Å². The smallest absolute Gasteiger partial charge is 0.275 e. The van der Waals surface area contributed by atoms with E-state index in [-0.39, 0.29) is 5.69 Å². The Hall–Kier alpha value is -2.35. The fraction of sp³-hybridized carbons (Fsp3) is 0.471. The van der Waals surface area contributed by atoms with Crippen LogP contribution in [0.2, 0.25) is 0 Å². The second-order valence-corrected chi connectivity index (χ2v) is 6.21. The van der Waals surface area contributed by atoms with E-state index < -0.39 is 17.5 Å². The van der Waals surface area contributed by atoms with Gasteiger partial charge in [0.05, 0.1) is 11.9 Å². The lowest BCUT2D eigenvalue weighted by Crippen LogP contribution is -2.36. The molecule has 2 aromatic rings. The highest BCUT2D eigenvalue weighted by Gasteiger charge is 2.24. The Kier molecular flexibility index (Phi) is 5.08. The SMILES string of the molecule is Cc1noc(C)c1CN1CCCN(C(=O)c2ncc(F)cc2F)CC1. The highest BCUT2D eigenvalue weighted by atomic mass is 19.1. The van der Waals surface area contributed by atoms with Gasteiger partial charge in [0.25, 0.3) is 5.91 Å². The number of pyridine rings is 1. The average Bonchev–Trinajstić information content (AvgIpc) is 2.77. The summed E-state index contributed by atoms with van der Waals surface area (Å²) >= 11 is 0. The summed E-state index contributed by atoms with van der Waals surface area (Å²) in [5.41, 5.74) is 1.60. The topological polar surface area (TPSA) is 62.5 Å². The molecule has 8 heteroatoms. The quantitative estimate of drug-likeness (QED) is 0.850. The molecule has 3 rings (SSSR count). The Morgan fingerprint density at radius 2 is 2.04 bits per heavy atom. The molecule has 2 aromatic heterocycles. The third-order valence-corrected chi connectivity index (χ3v) is 4.45. The number of amides is 1. The van der Waals surface area contributed by atoms with Crippen LogP contribution in [0.4, 0.5) is 8.78 Å². The monoisotopic (exact) mass is 350 g/mol. The van der Waals surface area contributed by atoms with Crippen LogP contribution in [-0.4, -0.2) is 52.0 Å². The first-order chi connectivity index (χ1) is 12.0. The summed E-state index contributed by atoms with van der Waals surface area (Å²) in [4.78, 5) is 19.9. The van der Waals surface area contributed by atoms with Gasteiger partial charge in [-0.1, -0.05) is 5.16 Å². The lowest BCUT2D eigenvalue weighted by atomic mass is 10.2. The van der Waals surface area contributed by atoms with E-state index in [9.17, 15) is 13.6 Å². The van der Waals surface area contributed by atoms with Gasteiger partial charge >= 0.3 is 0 Å².